The molecule has 1 N–H and O–H groups in total. The fraction of sp³-hybridized carbons (Fsp3) is 0.219. The Morgan fingerprint density at radius 2 is 1.70 bits per heavy atom. The zero-order valence-corrected chi connectivity index (χ0v) is 22.4. The highest BCUT2D eigenvalue weighted by Crippen LogP contribution is 2.30. The number of aromatic nitrogens is 3. The molecule has 0 radical (unpaired) electrons. The van der Waals surface area contributed by atoms with E-state index in [9.17, 15) is 14.4 Å². The number of hydrogen-bond acceptors (Lipinski definition) is 5. The van der Waals surface area contributed by atoms with Gasteiger partial charge in [-0.1, -0.05) is 48.5 Å². The lowest BCUT2D eigenvalue weighted by molar-refractivity contribution is -0.137. The summed E-state index contributed by atoms with van der Waals surface area (Å²) in [5.41, 5.74) is 3.83. The van der Waals surface area contributed by atoms with Crippen molar-refractivity contribution in [3.63, 3.8) is 0 Å². The summed E-state index contributed by atoms with van der Waals surface area (Å²) in [5.74, 6) is -0.168. The Labute approximate surface area is 231 Å². The number of carbonyl (C=O) groups excluding carboxylic acids is 3. The summed E-state index contributed by atoms with van der Waals surface area (Å²) in [7, 11) is 0. The smallest absolute Gasteiger partial charge is 0.248 e. The zero-order chi connectivity index (χ0) is 27.8. The van der Waals surface area contributed by atoms with Gasteiger partial charge in [-0.15, -0.1) is 0 Å². The number of nitrogens with zero attached hydrogens (tertiary/aromatic N) is 4. The molecule has 2 aromatic heterocycles. The average molecular weight is 532 g/mol. The molecule has 1 aliphatic rings. The molecule has 1 aliphatic heterocycles. The van der Waals surface area contributed by atoms with Crippen molar-refractivity contribution in [2.75, 3.05) is 11.9 Å². The van der Waals surface area contributed by atoms with E-state index in [1.807, 2.05) is 49.4 Å². The van der Waals surface area contributed by atoms with Crippen LogP contribution in [0.25, 0.3) is 32.8 Å². The summed E-state index contributed by atoms with van der Waals surface area (Å²) in [6.07, 6.45) is 1.32. The van der Waals surface area contributed by atoms with Crippen molar-refractivity contribution in [3.05, 3.63) is 90.3 Å². The standard InChI is InChI=1S/C32H29N5O3/c1-20-7-5-11-29(33-20)34-32(40)28-10-6-16-36(28)30(39)19-37-27-15-14-25(18-26(27)31(35-37)21(2)38)24-13-12-22-8-3-4-9-23(22)17-24/h3-5,7-9,11-15,17-18,28H,6,10,16,19H2,1-2H3,(H,33,34,40). The molecule has 1 fully saturated rings. The first-order valence-corrected chi connectivity index (χ1v) is 13.4. The van der Waals surface area contributed by atoms with Gasteiger partial charge < -0.3 is 10.2 Å². The number of rotatable bonds is 6. The van der Waals surface area contributed by atoms with E-state index in [0.29, 0.717) is 35.4 Å². The highest BCUT2D eigenvalue weighted by atomic mass is 16.2. The lowest BCUT2D eigenvalue weighted by Gasteiger charge is -2.24. The average Bonchev–Trinajstić information content (AvgIpc) is 3.58. The second kappa shape index (κ2) is 10.4. The first-order valence-electron chi connectivity index (χ1n) is 13.4. The van der Waals surface area contributed by atoms with Crippen molar-refractivity contribution in [1.82, 2.24) is 19.7 Å². The molecule has 1 atom stereocenters. The third-order valence-corrected chi connectivity index (χ3v) is 7.47. The van der Waals surface area contributed by atoms with E-state index in [1.165, 1.54) is 6.92 Å². The van der Waals surface area contributed by atoms with Gasteiger partial charge in [0, 0.05) is 24.5 Å². The maximum atomic E-state index is 13.5. The summed E-state index contributed by atoms with van der Waals surface area (Å²) in [6.45, 7) is 3.76. The summed E-state index contributed by atoms with van der Waals surface area (Å²) in [5, 5.41) is 10.4. The van der Waals surface area contributed by atoms with E-state index in [-0.39, 0.29) is 24.1 Å². The summed E-state index contributed by atoms with van der Waals surface area (Å²) >= 11 is 0. The lowest BCUT2D eigenvalue weighted by Crippen LogP contribution is -2.44. The van der Waals surface area contributed by atoms with Gasteiger partial charge in [0.2, 0.25) is 11.8 Å². The monoisotopic (exact) mass is 531 g/mol. The van der Waals surface area contributed by atoms with Crippen molar-refractivity contribution in [3.8, 4) is 11.1 Å². The van der Waals surface area contributed by atoms with E-state index in [0.717, 1.165) is 34.0 Å². The second-order valence-electron chi connectivity index (χ2n) is 10.3. The third-order valence-electron chi connectivity index (χ3n) is 7.47. The fourth-order valence-corrected chi connectivity index (χ4v) is 5.49. The zero-order valence-electron chi connectivity index (χ0n) is 22.4. The lowest BCUT2D eigenvalue weighted by atomic mass is 9.99. The summed E-state index contributed by atoms with van der Waals surface area (Å²) in [6, 6.07) is 25.1. The van der Waals surface area contributed by atoms with E-state index in [4.69, 9.17) is 0 Å². The van der Waals surface area contributed by atoms with E-state index in [2.05, 4.69) is 45.7 Å². The van der Waals surface area contributed by atoms with Crippen molar-refractivity contribution >= 4 is 45.1 Å². The second-order valence-corrected chi connectivity index (χ2v) is 10.3. The van der Waals surface area contributed by atoms with Gasteiger partial charge in [-0.25, -0.2) is 4.98 Å². The topological polar surface area (TPSA) is 97.2 Å². The third kappa shape index (κ3) is 4.84. The van der Waals surface area contributed by atoms with E-state index < -0.39 is 6.04 Å². The largest absolute Gasteiger partial charge is 0.329 e. The van der Waals surface area contributed by atoms with Gasteiger partial charge in [0.25, 0.3) is 0 Å². The predicted molar refractivity (Wildman–Crippen MR) is 155 cm³/mol. The van der Waals surface area contributed by atoms with Crippen LogP contribution < -0.4 is 5.32 Å². The van der Waals surface area contributed by atoms with Crippen molar-refractivity contribution < 1.29 is 14.4 Å². The number of hydrogen-bond donors (Lipinski definition) is 1. The predicted octanol–water partition coefficient (Wildman–Crippen LogP) is 5.39. The number of anilines is 1. The highest BCUT2D eigenvalue weighted by molar-refractivity contribution is 6.06. The van der Waals surface area contributed by atoms with Gasteiger partial charge in [0.15, 0.2) is 5.78 Å². The van der Waals surface area contributed by atoms with E-state index >= 15 is 0 Å². The van der Waals surface area contributed by atoms with Crippen LogP contribution in [0.5, 0.6) is 0 Å². The molecule has 200 valence electrons. The van der Waals surface area contributed by atoms with Gasteiger partial charge in [0.05, 0.1) is 5.52 Å². The molecule has 8 heteroatoms. The number of benzene rings is 3. The molecular formula is C32H29N5O3. The first kappa shape index (κ1) is 25.4. The highest BCUT2D eigenvalue weighted by Gasteiger charge is 2.34. The maximum absolute atomic E-state index is 13.5. The molecule has 6 rings (SSSR count). The molecular weight excluding hydrogens is 502 g/mol. The van der Waals surface area contributed by atoms with Crippen molar-refractivity contribution in [1.29, 1.82) is 0 Å². The number of likely N-dealkylation sites (tertiary alicyclic amines) is 1. The van der Waals surface area contributed by atoms with Crippen LogP contribution in [-0.2, 0) is 16.1 Å². The fourth-order valence-electron chi connectivity index (χ4n) is 5.49. The molecule has 2 amide bonds. The van der Waals surface area contributed by atoms with Crippen LogP contribution in [0.1, 0.15) is 35.9 Å². The normalized spacial score (nSPS) is 15.1. The van der Waals surface area contributed by atoms with Crippen LogP contribution in [0, 0.1) is 6.92 Å². The molecule has 40 heavy (non-hydrogen) atoms. The quantitative estimate of drug-likeness (QED) is 0.296. The number of nitrogens with one attached hydrogen (secondary N) is 1. The number of ketones is 1. The van der Waals surface area contributed by atoms with Crippen LogP contribution in [0.2, 0.25) is 0 Å². The number of Topliss-reactive ketones (excluding diaryl/α,β-unsaturated/α-hetero) is 1. The van der Waals surface area contributed by atoms with Crippen LogP contribution >= 0.6 is 0 Å². The molecule has 1 unspecified atom stereocenters. The number of fused-ring (bicyclic) bond motifs is 2. The molecule has 5 aromatic rings. The Morgan fingerprint density at radius 3 is 2.50 bits per heavy atom. The Balaban J connectivity index is 1.27. The van der Waals surface area contributed by atoms with E-state index in [1.54, 1.807) is 15.6 Å². The summed E-state index contributed by atoms with van der Waals surface area (Å²) < 4.78 is 1.58. The maximum Gasteiger partial charge on any atom is 0.248 e. The SMILES string of the molecule is CC(=O)c1nn(CC(=O)N2CCCC2C(=O)Nc2cccc(C)n2)c2ccc(-c3ccc4ccccc4c3)cc12. The number of amides is 2. The number of carbonyl (C=O) groups is 3. The van der Waals surface area contributed by atoms with Crippen LogP contribution in [0.4, 0.5) is 5.82 Å². The Hall–Kier alpha value is -4.85. The molecule has 3 heterocycles. The number of pyridine rings is 1. The Bertz CT molecular complexity index is 1790. The van der Waals surface area contributed by atoms with Gasteiger partial charge in [0.1, 0.15) is 24.1 Å². The molecule has 0 bridgehead atoms. The number of aryl methyl sites for hydroxylation is 1. The molecule has 1 saturated heterocycles. The Morgan fingerprint density at radius 1 is 0.925 bits per heavy atom. The van der Waals surface area contributed by atoms with Gasteiger partial charge in [-0.05, 0) is 72.0 Å². The van der Waals surface area contributed by atoms with Gasteiger partial charge in [-0.2, -0.15) is 5.10 Å². The minimum atomic E-state index is -0.580. The molecule has 8 nitrogen and oxygen atoms in total. The minimum Gasteiger partial charge on any atom is -0.329 e. The molecule has 0 aliphatic carbocycles. The molecule has 3 aromatic carbocycles. The molecule has 0 saturated carbocycles. The summed E-state index contributed by atoms with van der Waals surface area (Å²) in [4.78, 5) is 45.0. The Kier molecular flexibility index (Phi) is 6.59. The van der Waals surface area contributed by atoms with Crippen molar-refractivity contribution in [2.24, 2.45) is 0 Å². The van der Waals surface area contributed by atoms with Crippen LogP contribution in [0.3, 0.4) is 0 Å². The van der Waals surface area contributed by atoms with Crippen LogP contribution in [-0.4, -0.2) is 49.8 Å². The first-order chi connectivity index (χ1) is 19.4. The van der Waals surface area contributed by atoms with Gasteiger partial charge in [-0.3, -0.25) is 19.1 Å². The van der Waals surface area contributed by atoms with Crippen molar-refractivity contribution in [2.45, 2.75) is 39.3 Å². The van der Waals surface area contributed by atoms with Crippen LogP contribution in [0.15, 0.2) is 78.9 Å². The van der Waals surface area contributed by atoms with Gasteiger partial charge >= 0.3 is 0 Å². The minimum absolute atomic E-state index is 0.0639. The molecule has 0 spiro atoms.